The summed E-state index contributed by atoms with van der Waals surface area (Å²) in [6, 6.07) is 6.33. The van der Waals surface area contributed by atoms with Gasteiger partial charge in [-0.1, -0.05) is 0 Å². The number of halogens is 1. The second-order valence-corrected chi connectivity index (χ2v) is 6.29. The van der Waals surface area contributed by atoms with E-state index in [2.05, 4.69) is 15.1 Å². The fourth-order valence-corrected chi connectivity index (χ4v) is 3.14. The number of likely N-dealkylation sites (tertiary alicyclic amines) is 1. The second-order valence-electron chi connectivity index (χ2n) is 6.29. The largest absolute Gasteiger partial charge is 0.469 e. The molecule has 1 aromatic heterocycles. The molecule has 0 aliphatic carbocycles. The Hall–Kier alpha value is -2.21. The molecule has 122 valence electrons. The van der Waals surface area contributed by atoms with Crippen LogP contribution >= 0.6 is 0 Å². The van der Waals surface area contributed by atoms with Crippen LogP contribution in [0.5, 0.6) is 0 Å². The summed E-state index contributed by atoms with van der Waals surface area (Å²) in [4.78, 5) is 14.1. The van der Waals surface area contributed by atoms with Crippen molar-refractivity contribution in [1.29, 1.82) is 0 Å². The summed E-state index contributed by atoms with van der Waals surface area (Å²) >= 11 is 0. The van der Waals surface area contributed by atoms with E-state index in [1.165, 1.54) is 19.2 Å². The number of methoxy groups -OCH3 is 1. The van der Waals surface area contributed by atoms with E-state index in [-0.39, 0.29) is 11.8 Å². The number of aromatic nitrogens is 2. The maximum absolute atomic E-state index is 13.1. The minimum Gasteiger partial charge on any atom is -0.469 e. The topological polar surface area (TPSA) is 58.2 Å². The third-order valence-corrected chi connectivity index (χ3v) is 4.48. The molecule has 0 unspecified atom stereocenters. The average molecular weight is 317 g/mol. The van der Waals surface area contributed by atoms with Crippen LogP contribution < -0.4 is 0 Å². The molecule has 1 N–H and O–H groups in total. The number of nitrogens with one attached hydrogen (secondary N) is 1. The van der Waals surface area contributed by atoms with Crippen molar-refractivity contribution in [3.63, 3.8) is 0 Å². The number of benzene rings is 1. The summed E-state index contributed by atoms with van der Waals surface area (Å²) in [5.74, 6) is -0.422. The van der Waals surface area contributed by atoms with Crippen molar-refractivity contribution in [2.45, 2.75) is 19.9 Å². The third kappa shape index (κ3) is 3.12. The van der Waals surface area contributed by atoms with E-state index in [4.69, 9.17) is 4.74 Å². The molecule has 0 spiro atoms. The lowest BCUT2D eigenvalue weighted by Gasteiger charge is -2.21. The molecule has 1 aliphatic rings. The highest BCUT2D eigenvalue weighted by atomic mass is 19.1. The van der Waals surface area contributed by atoms with Gasteiger partial charge in [0.2, 0.25) is 0 Å². The average Bonchev–Trinajstić information content (AvgIpc) is 3.15. The summed E-state index contributed by atoms with van der Waals surface area (Å²) in [5, 5.41) is 7.09. The first-order valence-electron chi connectivity index (χ1n) is 7.61. The Labute approximate surface area is 134 Å². The molecular weight excluding hydrogens is 297 g/mol. The zero-order valence-corrected chi connectivity index (χ0v) is 13.3. The molecule has 2 heterocycles. The summed E-state index contributed by atoms with van der Waals surface area (Å²) in [6.45, 7) is 4.12. The van der Waals surface area contributed by atoms with Crippen LogP contribution in [0.2, 0.25) is 0 Å². The van der Waals surface area contributed by atoms with Crippen LogP contribution in [0.25, 0.3) is 11.3 Å². The van der Waals surface area contributed by atoms with Crippen molar-refractivity contribution >= 4 is 5.97 Å². The Morgan fingerprint density at radius 1 is 1.43 bits per heavy atom. The molecule has 0 radical (unpaired) electrons. The molecule has 1 aromatic carbocycles. The number of nitrogens with zero attached hydrogens (tertiary/aromatic N) is 2. The molecule has 23 heavy (non-hydrogen) atoms. The van der Waals surface area contributed by atoms with Crippen molar-refractivity contribution in [3.8, 4) is 11.3 Å². The number of hydrogen-bond acceptors (Lipinski definition) is 4. The van der Waals surface area contributed by atoms with Crippen LogP contribution in [0.3, 0.4) is 0 Å². The quantitative estimate of drug-likeness (QED) is 0.881. The molecule has 0 bridgehead atoms. The molecular formula is C17H20FN3O2. The SMILES string of the molecule is COC(=O)[C@]1(C)CCN(Cc2cn[nH]c2-c2ccc(F)cc2)C1. The molecule has 1 saturated heterocycles. The number of carbonyl (C=O) groups is 1. The maximum Gasteiger partial charge on any atom is 0.312 e. The zero-order chi connectivity index (χ0) is 16.4. The van der Waals surface area contributed by atoms with E-state index in [9.17, 15) is 9.18 Å². The first-order valence-corrected chi connectivity index (χ1v) is 7.61. The van der Waals surface area contributed by atoms with Gasteiger partial charge in [0.15, 0.2) is 0 Å². The molecule has 5 nitrogen and oxygen atoms in total. The highest BCUT2D eigenvalue weighted by molar-refractivity contribution is 5.77. The van der Waals surface area contributed by atoms with Gasteiger partial charge in [0, 0.05) is 24.2 Å². The molecule has 1 atom stereocenters. The third-order valence-electron chi connectivity index (χ3n) is 4.48. The molecule has 0 saturated carbocycles. The number of H-pyrrole nitrogens is 1. The zero-order valence-electron chi connectivity index (χ0n) is 13.3. The van der Waals surface area contributed by atoms with E-state index < -0.39 is 5.41 Å². The first kappa shape index (κ1) is 15.7. The van der Waals surface area contributed by atoms with Crippen LogP contribution in [-0.2, 0) is 16.1 Å². The van der Waals surface area contributed by atoms with E-state index in [0.717, 1.165) is 29.8 Å². The van der Waals surface area contributed by atoms with Crippen molar-refractivity contribution in [2.75, 3.05) is 20.2 Å². The van der Waals surface area contributed by atoms with E-state index in [0.29, 0.717) is 13.1 Å². The van der Waals surface area contributed by atoms with Crippen molar-refractivity contribution in [3.05, 3.63) is 41.8 Å². The molecule has 3 rings (SSSR count). The summed E-state index contributed by atoms with van der Waals surface area (Å²) < 4.78 is 18.0. The van der Waals surface area contributed by atoms with Gasteiger partial charge >= 0.3 is 5.97 Å². The smallest absolute Gasteiger partial charge is 0.312 e. The fraction of sp³-hybridized carbons (Fsp3) is 0.412. The number of rotatable bonds is 4. The standard InChI is InChI=1S/C17H20FN3O2/c1-17(16(22)23-2)7-8-21(11-17)10-13-9-19-20-15(13)12-3-5-14(18)6-4-12/h3-6,9H,7-8,10-11H2,1-2H3,(H,19,20)/t17-/m1/s1. The normalized spacial score (nSPS) is 21.5. The van der Waals surface area contributed by atoms with Gasteiger partial charge in [-0.2, -0.15) is 5.10 Å². The van der Waals surface area contributed by atoms with E-state index >= 15 is 0 Å². The van der Waals surface area contributed by atoms with Crippen LogP contribution in [0.4, 0.5) is 4.39 Å². The van der Waals surface area contributed by atoms with Gasteiger partial charge in [0.05, 0.1) is 24.4 Å². The monoisotopic (exact) mass is 317 g/mol. The number of aromatic amines is 1. The van der Waals surface area contributed by atoms with Crippen LogP contribution in [0.15, 0.2) is 30.5 Å². The Morgan fingerprint density at radius 2 is 2.17 bits per heavy atom. The Kier molecular flexibility index (Phi) is 4.17. The Bertz CT molecular complexity index is 698. The molecule has 1 fully saturated rings. The van der Waals surface area contributed by atoms with E-state index in [1.54, 1.807) is 18.3 Å². The lowest BCUT2D eigenvalue weighted by molar-refractivity contribution is -0.151. The second kappa shape index (κ2) is 6.12. The van der Waals surface area contributed by atoms with Gasteiger partial charge in [-0.25, -0.2) is 4.39 Å². The number of esters is 1. The van der Waals surface area contributed by atoms with Crippen LogP contribution in [0.1, 0.15) is 18.9 Å². The Morgan fingerprint density at radius 3 is 2.87 bits per heavy atom. The maximum atomic E-state index is 13.1. The minimum absolute atomic E-state index is 0.161. The lowest BCUT2D eigenvalue weighted by Crippen LogP contribution is -2.32. The summed E-state index contributed by atoms with van der Waals surface area (Å²) in [6.07, 6.45) is 2.57. The highest BCUT2D eigenvalue weighted by Gasteiger charge is 2.41. The van der Waals surface area contributed by atoms with Gasteiger partial charge in [0.25, 0.3) is 0 Å². The van der Waals surface area contributed by atoms with Crippen molar-refractivity contribution in [2.24, 2.45) is 5.41 Å². The molecule has 2 aromatic rings. The highest BCUT2D eigenvalue weighted by Crippen LogP contribution is 2.33. The number of carbonyl (C=O) groups excluding carboxylic acids is 1. The van der Waals surface area contributed by atoms with Crippen molar-refractivity contribution in [1.82, 2.24) is 15.1 Å². The van der Waals surface area contributed by atoms with Crippen LogP contribution in [0, 0.1) is 11.2 Å². The number of ether oxygens (including phenoxy) is 1. The molecule has 6 heteroatoms. The summed E-state index contributed by atoms with van der Waals surface area (Å²) in [5.41, 5.74) is 2.37. The predicted molar refractivity (Wildman–Crippen MR) is 84.0 cm³/mol. The van der Waals surface area contributed by atoms with Gasteiger partial charge in [-0.3, -0.25) is 14.8 Å². The number of hydrogen-bond donors (Lipinski definition) is 1. The van der Waals surface area contributed by atoms with Gasteiger partial charge < -0.3 is 4.74 Å². The van der Waals surface area contributed by atoms with Gasteiger partial charge in [-0.15, -0.1) is 0 Å². The molecule has 1 aliphatic heterocycles. The lowest BCUT2D eigenvalue weighted by atomic mass is 9.90. The van der Waals surface area contributed by atoms with Crippen molar-refractivity contribution < 1.29 is 13.9 Å². The van der Waals surface area contributed by atoms with E-state index in [1.807, 2.05) is 6.92 Å². The molecule has 0 amide bonds. The Balaban J connectivity index is 1.74. The van der Waals surface area contributed by atoms with Gasteiger partial charge in [-0.05, 0) is 44.2 Å². The summed E-state index contributed by atoms with van der Waals surface area (Å²) in [7, 11) is 1.43. The van der Waals surface area contributed by atoms with Gasteiger partial charge in [0.1, 0.15) is 5.82 Å². The first-order chi connectivity index (χ1) is 11.0. The van der Waals surface area contributed by atoms with Crippen LogP contribution in [-0.4, -0.2) is 41.3 Å². The minimum atomic E-state index is -0.450. The predicted octanol–water partition coefficient (Wildman–Crippen LogP) is 2.60. The fourth-order valence-electron chi connectivity index (χ4n) is 3.14.